The fourth-order valence-corrected chi connectivity index (χ4v) is 3.51. The second kappa shape index (κ2) is 7.62. The average Bonchev–Trinajstić information content (AvgIpc) is 2.99. The normalized spacial score (nSPS) is 10.9. The summed E-state index contributed by atoms with van der Waals surface area (Å²) in [5, 5.41) is 0.879. The number of carbonyl (C=O) groups excluding carboxylic acids is 1. The summed E-state index contributed by atoms with van der Waals surface area (Å²) in [5.74, 6) is 1.12. The van der Waals surface area contributed by atoms with Crippen molar-refractivity contribution in [2.75, 3.05) is 21.0 Å². The van der Waals surface area contributed by atoms with E-state index in [4.69, 9.17) is 14.2 Å². The van der Waals surface area contributed by atoms with Gasteiger partial charge in [-0.25, -0.2) is 0 Å². The zero-order chi connectivity index (χ0) is 18.7. The SMILES string of the molecule is CCn1c(-c2ccccc2)c(C)c2c(OCOC)c(OC)cc(C=O)c21. The highest BCUT2D eigenvalue weighted by Crippen LogP contribution is 2.44. The second-order valence-corrected chi connectivity index (χ2v) is 5.97. The summed E-state index contributed by atoms with van der Waals surface area (Å²) >= 11 is 0. The highest BCUT2D eigenvalue weighted by Gasteiger charge is 2.24. The van der Waals surface area contributed by atoms with Gasteiger partial charge in [0.2, 0.25) is 0 Å². The van der Waals surface area contributed by atoms with Gasteiger partial charge in [-0.1, -0.05) is 30.3 Å². The van der Waals surface area contributed by atoms with E-state index in [1.807, 2.05) is 25.1 Å². The molecule has 0 aliphatic heterocycles. The minimum Gasteiger partial charge on any atom is -0.493 e. The zero-order valence-electron chi connectivity index (χ0n) is 15.5. The smallest absolute Gasteiger partial charge is 0.188 e. The van der Waals surface area contributed by atoms with Crippen LogP contribution in [0.25, 0.3) is 22.2 Å². The maximum atomic E-state index is 11.8. The topological polar surface area (TPSA) is 49.7 Å². The Kier molecular flexibility index (Phi) is 5.28. The molecule has 26 heavy (non-hydrogen) atoms. The van der Waals surface area contributed by atoms with E-state index in [-0.39, 0.29) is 6.79 Å². The van der Waals surface area contributed by atoms with Crippen molar-refractivity contribution in [2.45, 2.75) is 20.4 Å². The minimum absolute atomic E-state index is 0.101. The molecule has 3 rings (SSSR count). The first-order valence-electron chi connectivity index (χ1n) is 8.54. The number of fused-ring (bicyclic) bond motifs is 1. The Labute approximate surface area is 153 Å². The number of hydrogen-bond donors (Lipinski definition) is 0. The predicted octanol–water partition coefficient (Wildman–Crippen LogP) is 4.44. The largest absolute Gasteiger partial charge is 0.493 e. The molecule has 2 aromatic carbocycles. The van der Waals surface area contributed by atoms with Crippen LogP contribution in [0.4, 0.5) is 0 Å². The van der Waals surface area contributed by atoms with E-state index in [1.165, 1.54) is 0 Å². The summed E-state index contributed by atoms with van der Waals surface area (Å²) < 4.78 is 18.6. The number of carbonyl (C=O) groups is 1. The molecule has 0 spiro atoms. The van der Waals surface area contributed by atoms with Gasteiger partial charge in [-0.05, 0) is 31.0 Å². The fraction of sp³-hybridized carbons (Fsp3) is 0.286. The molecular weight excluding hydrogens is 330 g/mol. The Hall–Kier alpha value is -2.79. The van der Waals surface area contributed by atoms with Gasteiger partial charge in [0.25, 0.3) is 0 Å². The number of benzene rings is 2. The molecule has 0 saturated heterocycles. The molecule has 1 aromatic heterocycles. The van der Waals surface area contributed by atoms with Gasteiger partial charge in [0.1, 0.15) is 0 Å². The van der Waals surface area contributed by atoms with Crippen LogP contribution in [-0.4, -0.2) is 31.9 Å². The molecule has 0 unspecified atom stereocenters. The molecule has 5 nitrogen and oxygen atoms in total. The van der Waals surface area contributed by atoms with E-state index >= 15 is 0 Å². The quantitative estimate of drug-likeness (QED) is 0.465. The first kappa shape index (κ1) is 18.0. The zero-order valence-corrected chi connectivity index (χ0v) is 15.5. The van der Waals surface area contributed by atoms with E-state index in [2.05, 4.69) is 23.6 Å². The molecule has 0 radical (unpaired) electrons. The molecule has 5 heteroatoms. The molecule has 136 valence electrons. The number of aryl methyl sites for hydroxylation is 2. The number of ether oxygens (including phenoxy) is 3. The summed E-state index contributed by atoms with van der Waals surface area (Å²) in [7, 11) is 3.14. The molecular formula is C21H23NO4. The highest BCUT2D eigenvalue weighted by atomic mass is 16.7. The molecule has 0 N–H and O–H groups in total. The van der Waals surface area contributed by atoms with Crippen molar-refractivity contribution >= 4 is 17.2 Å². The summed E-state index contributed by atoms with van der Waals surface area (Å²) in [6.45, 7) is 4.94. The predicted molar refractivity (Wildman–Crippen MR) is 102 cm³/mol. The third kappa shape index (κ3) is 2.84. The van der Waals surface area contributed by atoms with E-state index in [9.17, 15) is 4.79 Å². The number of nitrogens with zero attached hydrogens (tertiary/aromatic N) is 1. The van der Waals surface area contributed by atoms with Crippen LogP contribution in [0.2, 0.25) is 0 Å². The number of hydrogen-bond acceptors (Lipinski definition) is 4. The number of methoxy groups -OCH3 is 2. The van der Waals surface area contributed by atoms with Crippen molar-refractivity contribution in [3.05, 3.63) is 47.5 Å². The molecule has 0 atom stereocenters. The molecule has 1 heterocycles. The summed E-state index contributed by atoms with van der Waals surface area (Å²) in [6, 6.07) is 11.9. The lowest BCUT2D eigenvalue weighted by molar-refractivity contribution is 0.0503. The molecule has 0 aliphatic carbocycles. The Morgan fingerprint density at radius 2 is 1.88 bits per heavy atom. The van der Waals surface area contributed by atoms with Gasteiger partial charge in [0.05, 0.1) is 23.7 Å². The van der Waals surface area contributed by atoms with Crippen LogP contribution in [0.15, 0.2) is 36.4 Å². The summed E-state index contributed by atoms with van der Waals surface area (Å²) in [6.07, 6.45) is 0.866. The monoisotopic (exact) mass is 353 g/mol. The third-order valence-electron chi connectivity index (χ3n) is 4.55. The van der Waals surface area contributed by atoms with Crippen molar-refractivity contribution < 1.29 is 19.0 Å². The van der Waals surface area contributed by atoms with Crippen LogP contribution in [0, 0.1) is 6.92 Å². The molecule has 3 aromatic rings. The third-order valence-corrected chi connectivity index (χ3v) is 4.55. The van der Waals surface area contributed by atoms with Crippen LogP contribution < -0.4 is 9.47 Å². The number of aromatic nitrogens is 1. The second-order valence-electron chi connectivity index (χ2n) is 5.97. The standard InChI is InChI=1S/C21H23NO4/c1-5-22-19(15-9-7-6-8-10-15)14(2)18-20(22)16(12-23)11-17(25-4)21(18)26-13-24-3/h6-12H,5,13H2,1-4H3. The Morgan fingerprint density at radius 3 is 2.46 bits per heavy atom. The van der Waals surface area contributed by atoms with Crippen LogP contribution in [0.1, 0.15) is 22.8 Å². The first-order valence-corrected chi connectivity index (χ1v) is 8.54. The Bertz CT molecular complexity index is 929. The van der Waals surface area contributed by atoms with Crippen molar-refractivity contribution in [3.63, 3.8) is 0 Å². The van der Waals surface area contributed by atoms with Gasteiger partial charge in [0, 0.05) is 19.2 Å². The van der Waals surface area contributed by atoms with Crippen molar-refractivity contribution in [1.29, 1.82) is 0 Å². The minimum atomic E-state index is 0.101. The maximum absolute atomic E-state index is 11.8. The molecule has 0 aliphatic rings. The van der Waals surface area contributed by atoms with Crippen LogP contribution in [0.5, 0.6) is 11.5 Å². The molecule has 0 fully saturated rings. The summed E-state index contributed by atoms with van der Waals surface area (Å²) in [4.78, 5) is 11.8. The van der Waals surface area contributed by atoms with Crippen molar-refractivity contribution in [1.82, 2.24) is 4.57 Å². The van der Waals surface area contributed by atoms with E-state index in [1.54, 1.807) is 20.3 Å². The Morgan fingerprint density at radius 1 is 1.15 bits per heavy atom. The van der Waals surface area contributed by atoms with Crippen molar-refractivity contribution in [3.8, 4) is 22.8 Å². The molecule has 0 bridgehead atoms. The maximum Gasteiger partial charge on any atom is 0.188 e. The highest BCUT2D eigenvalue weighted by molar-refractivity contribution is 6.06. The average molecular weight is 353 g/mol. The van der Waals surface area contributed by atoms with Gasteiger partial charge < -0.3 is 18.8 Å². The van der Waals surface area contributed by atoms with Gasteiger partial charge in [-0.15, -0.1) is 0 Å². The van der Waals surface area contributed by atoms with E-state index < -0.39 is 0 Å². The van der Waals surface area contributed by atoms with Gasteiger partial charge in [-0.2, -0.15) is 0 Å². The lowest BCUT2D eigenvalue weighted by Gasteiger charge is -2.14. The van der Waals surface area contributed by atoms with Crippen LogP contribution in [0.3, 0.4) is 0 Å². The van der Waals surface area contributed by atoms with Gasteiger partial charge in [0.15, 0.2) is 24.6 Å². The summed E-state index contributed by atoms with van der Waals surface area (Å²) in [5.41, 5.74) is 4.64. The van der Waals surface area contributed by atoms with Gasteiger partial charge >= 0.3 is 0 Å². The first-order chi connectivity index (χ1) is 12.7. The Balaban J connectivity index is 2.45. The van der Waals surface area contributed by atoms with Crippen molar-refractivity contribution in [2.24, 2.45) is 0 Å². The fourth-order valence-electron chi connectivity index (χ4n) is 3.51. The number of rotatable bonds is 7. The lowest BCUT2D eigenvalue weighted by atomic mass is 10.0. The van der Waals surface area contributed by atoms with E-state index in [0.717, 1.165) is 40.6 Å². The lowest BCUT2D eigenvalue weighted by Crippen LogP contribution is -2.04. The van der Waals surface area contributed by atoms with Crippen LogP contribution in [-0.2, 0) is 11.3 Å². The van der Waals surface area contributed by atoms with Crippen LogP contribution >= 0.6 is 0 Å². The molecule has 0 amide bonds. The molecule has 0 saturated carbocycles. The van der Waals surface area contributed by atoms with E-state index in [0.29, 0.717) is 17.1 Å². The number of aldehydes is 1. The van der Waals surface area contributed by atoms with Gasteiger partial charge in [-0.3, -0.25) is 4.79 Å².